The average molecular weight is 510 g/mol. The third-order valence-corrected chi connectivity index (χ3v) is 6.95. The predicted molar refractivity (Wildman–Crippen MR) is 136 cm³/mol. The summed E-state index contributed by atoms with van der Waals surface area (Å²) in [6.45, 7) is 6.60. The largest absolute Gasteiger partial charge is 0.466 e. The van der Waals surface area contributed by atoms with E-state index < -0.39 is 5.91 Å². The van der Waals surface area contributed by atoms with Crippen LogP contribution in [0.15, 0.2) is 30.3 Å². The van der Waals surface area contributed by atoms with Gasteiger partial charge in [-0.2, -0.15) is 5.10 Å². The molecule has 0 saturated carbocycles. The molecule has 198 valence electrons. The minimum Gasteiger partial charge on any atom is -0.466 e. The highest BCUT2D eigenvalue weighted by molar-refractivity contribution is 5.99. The van der Waals surface area contributed by atoms with Gasteiger partial charge in [0.25, 0.3) is 11.8 Å². The Morgan fingerprint density at radius 1 is 1.11 bits per heavy atom. The monoisotopic (exact) mass is 509 g/mol. The first-order valence-electron chi connectivity index (χ1n) is 12.9. The number of hydrogen-bond donors (Lipinski definition) is 0. The Balaban J connectivity index is 1.36. The van der Waals surface area contributed by atoms with Crippen LogP contribution in [0.4, 0.5) is 0 Å². The summed E-state index contributed by atoms with van der Waals surface area (Å²) in [7, 11) is 1.56. The number of fused-ring (bicyclic) bond motifs is 1. The maximum Gasteiger partial charge on any atom is 0.309 e. The minimum absolute atomic E-state index is 0.0987. The van der Waals surface area contributed by atoms with Gasteiger partial charge in [0.15, 0.2) is 5.69 Å². The van der Waals surface area contributed by atoms with Crippen molar-refractivity contribution in [2.75, 3.05) is 39.8 Å². The van der Waals surface area contributed by atoms with E-state index in [4.69, 9.17) is 4.74 Å². The van der Waals surface area contributed by atoms with E-state index in [1.54, 1.807) is 28.5 Å². The number of benzene rings is 1. The molecule has 10 heteroatoms. The summed E-state index contributed by atoms with van der Waals surface area (Å²) < 4.78 is 6.68. The summed E-state index contributed by atoms with van der Waals surface area (Å²) in [6.07, 6.45) is 1.84. The number of carbonyl (C=O) groups excluding carboxylic acids is 4. The summed E-state index contributed by atoms with van der Waals surface area (Å²) in [4.78, 5) is 55.9. The van der Waals surface area contributed by atoms with Gasteiger partial charge in [0.05, 0.1) is 19.1 Å². The fourth-order valence-electron chi connectivity index (χ4n) is 4.92. The predicted octanol–water partition coefficient (Wildman–Crippen LogP) is 2.11. The highest BCUT2D eigenvalue weighted by atomic mass is 16.5. The number of rotatable bonds is 7. The maximum atomic E-state index is 13.3. The van der Waals surface area contributed by atoms with Gasteiger partial charge in [-0.05, 0) is 38.7 Å². The molecule has 0 radical (unpaired) electrons. The molecule has 10 nitrogen and oxygen atoms in total. The Morgan fingerprint density at radius 2 is 1.86 bits per heavy atom. The molecule has 2 aliphatic heterocycles. The number of carbonyl (C=O) groups is 4. The fraction of sp³-hybridized carbons (Fsp3) is 0.519. The van der Waals surface area contributed by atoms with Crippen LogP contribution < -0.4 is 0 Å². The van der Waals surface area contributed by atoms with Crippen LogP contribution in [0, 0.1) is 12.8 Å². The molecule has 1 aromatic heterocycles. The van der Waals surface area contributed by atoms with Crippen molar-refractivity contribution in [3.8, 4) is 0 Å². The van der Waals surface area contributed by atoms with Crippen molar-refractivity contribution in [1.29, 1.82) is 0 Å². The van der Waals surface area contributed by atoms with Gasteiger partial charge in [-0.15, -0.1) is 0 Å². The van der Waals surface area contributed by atoms with Crippen molar-refractivity contribution in [2.24, 2.45) is 5.92 Å². The van der Waals surface area contributed by atoms with E-state index in [0.29, 0.717) is 57.9 Å². The van der Waals surface area contributed by atoms with E-state index in [1.165, 1.54) is 11.0 Å². The van der Waals surface area contributed by atoms with E-state index in [2.05, 4.69) is 11.2 Å². The lowest BCUT2D eigenvalue weighted by Crippen LogP contribution is -2.45. The van der Waals surface area contributed by atoms with E-state index in [-0.39, 0.29) is 35.9 Å². The first-order valence-corrected chi connectivity index (χ1v) is 12.9. The quantitative estimate of drug-likeness (QED) is 0.530. The van der Waals surface area contributed by atoms with E-state index in [9.17, 15) is 19.2 Å². The van der Waals surface area contributed by atoms with Gasteiger partial charge >= 0.3 is 5.97 Å². The second-order valence-corrected chi connectivity index (χ2v) is 9.78. The van der Waals surface area contributed by atoms with Crippen molar-refractivity contribution in [2.45, 2.75) is 46.2 Å². The molecule has 1 fully saturated rings. The van der Waals surface area contributed by atoms with Gasteiger partial charge in [-0.25, -0.2) is 0 Å². The lowest BCUT2D eigenvalue weighted by Gasteiger charge is -2.32. The van der Waals surface area contributed by atoms with Crippen LogP contribution in [0.1, 0.15) is 58.3 Å². The number of hydrogen-bond acceptors (Lipinski definition) is 6. The fourth-order valence-corrected chi connectivity index (χ4v) is 4.92. The Labute approximate surface area is 217 Å². The number of aryl methyl sites for hydroxylation is 2. The lowest BCUT2D eigenvalue weighted by molar-refractivity contribution is -0.151. The number of ether oxygens (including phenoxy) is 1. The van der Waals surface area contributed by atoms with Crippen LogP contribution >= 0.6 is 0 Å². The molecule has 0 N–H and O–H groups in total. The number of esters is 1. The molecule has 0 unspecified atom stereocenters. The van der Waals surface area contributed by atoms with Crippen LogP contribution in [-0.2, 0) is 27.4 Å². The summed E-state index contributed by atoms with van der Waals surface area (Å²) in [5.41, 5.74) is 2.73. The molecule has 0 spiro atoms. The van der Waals surface area contributed by atoms with Crippen molar-refractivity contribution in [3.63, 3.8) is 0 Å². The lowest BCUT2D eigenvalue weighted by atomic mass is 9.97. The van der Waals surface area contributed by atoms with Gasteiger partial charge < -0.3 is 19.4 Å². The minimum atomic E-state index is -0.409. The van der Waals surface area contributed by atoms with Crippen molar-refractivity contribution >= 4 is 23.7 Å². The number of likely N-dealkylation sites (tertiary alicyclic amines) is 1. The summed E-state index contributed by atoms with van der Waals surface area (Å²) >= 11 is 0. The maximum absolute atomic E-state index is 13.3. The Morgan fingerprint density at radius 3 is 2.57 bits per heavy atom. The molecule has 1 aromatic carbocycles. The molecule has 1 saturated heterocycles. The van der Waals surface area contributed by atoms with Gasteiger partial charge in [0, 0.05) is 45.8 Å². The van der Waals surface area contributed by atoms with Crippen molar-refractivity contribution in [1.82, 2.24) is 24.5 Å². The zero-order valence-corrected chi connectivity index (χ0v) is 21.8. The zero-order valence-electron chi connectivity index (χ0n) is 21.8. The molecule has 0 atom stereocenters. The first-order chi connectivity index (χ1) is 17.8. The summed E-state index contributed by atoms with van der Waals surface area (Å²) in [5, 5.41) is 4.41. The van der Waals surface area contributed by atoms with Crippen LogP contribution in [0.25, 0.3) is 0 Å². The van der Waals surface area contributed by atoms with Crippen LogP contribution in [0.3, 0.4) is 0 Å². The Bertz CT molecular complexity index is 1170. The second-order valence-electron chi connectivity index (χ2n) is 9.78. The molecule has 0 bridgehead atoms. The smallest absolute Gasteiger partial charge is 0.309 e. The third-order valence-electron chi connectivity index (χ3n) is 6.95. The second kappa shape index (κ2) is 11.6. The summed E-state index contributed by atoms with van der Waals surface area (Å²) in [5.74, 6) is -1.15. The third kappa shape index (κ3) is 6.18. The van der Waals surface area contributed by atoms with Crippen LogP contribution in [0.2, 0.25) is 0 Å². The highest BCUT2D eigenvalue weighted by Crippen LogP contribution is 2.20. The SMILES string of the molecule is CCOC(=O)C1CCN(C(=O)CN(C)C(=O)c2cc3n(n2)CCCN(Cc2cccc(C)c2)C3=O)CC1. The Kier molecular flexibility index (Phi) is 8.25. The van der Waals surface area contributed by atoms with Gasteiger partial charge in [0.2, 0.25) is 5.91 Å². The topological polar surface area (TPSA) is 105 Å². The summed E-state index contributed by atoms with van der Waals surface area (Å²) in [6, 6.07) is 9.60. The molecule has 4 rings (SSSR count). The average Bonchev–Trinajstić information content (AvgIpc) is 3.25. The number of piperidine rings is 1. The van der Waals surface area contributed by atoms with Crippen LogP contribution in [0.5, 0.6) is 0 Å². The molecule has 2 aliphatic rings. The molecule has 3 heterocycles. The first kappa shape index (κ1) is 26.4. The number of likely N-dealkylation sites (N-methyl/N-ethyl adjacent to an activating group) is 1. The van der Waals surface area contributed by atoms with E-state index >= 15 is 0 Å². The van der Waals surface area contributed by atoms with E-state index in [1.807, 2.05) is 25.1 Å². The number of nitrogens with zero attached hydrogens (tertiary/aromatic N) is 5. The molecule has 0 aliphatic carbocycles. The van der Waals surface area contributed by atoms with Crippen molar-refractivity contribution in [3.05, 3.63) is 52.8 Å². The van der Waals surface area contributed by atoms with Gasteiger partial charge in [0.1, 0.15) is 5.69 Å². The number of aromatic nitrogens is 2. The molecular formula is C27H35N5O5. The molecule has 3 amide bonds. The normalized spacial score (nSPS) is 16.2. The molecular weight excluding hydrogens is 474 g/mol. The highest BCUT2D eigenvalue weighted by Gasteiger charge is 2.31. The molecule has 37 heavy (non-hydrogen) atoms. The standard InChI is InChI=1S/C27H35N5O5/c1-4-37-27(36)21-9-13-30(14-10-21)24(33)18-29(3)25(34)22-16-23-26(35)31(11-6-12-32(23)28-22)17-20-8-5-7-19(2)15-20/h5,7-8,15-16,21H,4,6,9-14,17-18H2,1-3H3. The van der Waals surface area contributed by atoms with Gasteiger partial charge in [-0.3, -0.25) is 23.9 Å². The zero-order chi connectivity index (χ0) is 26.5. The molecule has 2 aromatic rings. The number of amides is 3. The Hall–Kier alpha value is -3.69. The van der Waals surface area contributed by atoms with Crippen molar-refractivity contribution < 1.29 is 23.9 Å². The van der Waals surface area contributed by atoms with Gasteiger partial charge in [-0.1, -0.05) is 29.8 Å². The van der Waals surface area contributed by atoms with E-state index in [0.717, 1.165) is 17.5 Å². The van der Waals surface area contributed by atoms with Crippen LogP contribution in [-0.4, -0.2) is 88.0 Å².